The maximum atomic E-state index is 13.1. The number of amides is 1. The van der Waals surface area contributed by atoms with Crippen LogP contribution >= 0.6 is 0 Å². The van der Waals surface area contributed by atoms with Crippen molar-refractivity contribution in [3.63, 3.8) is 0 Å². The minimum absolute atomic E-state index is 0.0307. The second-order valence-corrected chi connectivity index (χ2v) is 6.41. The van der Waals surface area contributed by atoms with Crippen molar-refractivity contribution in [3.05, 3.63) is 23.8 Å². The van der Waals surface area contributed by atoms with Gasteiger partial charge in [-0.25, -0.2) is 0 Å². The zero-order chi connectivity index (χ0) is 16.9. The summed E-state index contributed by atoms with van der Waals surface area (Å²) in [7, 11) is 1.59. The Kier molecular flexibility index (Phi) is 5.58. The topological polar surface area (TPSA) is 68.0 Å². The SMILES string of the molecule is COc1cccc(C(=O)N2CCN3CCCC3C2)c1OCCCN. The Morgan fingerprint density at radius 2 is 2.21 bits per heavy atom. The third-order valence-electron chi connectivity index (χ3n) is 4.90. The lowest BCUT2D eigenvalue weighted by Crippen LogP contribution is -2.52. The van der Waals surface area contributed by atoms with Crippen LogP contribution in [0.2, 0.25) is 0 Å². The van der Waals surface area contributed by atoms with Gasteiger partial charge < -0.3 is 20.1 Å². The highest BCUT2D eigenvalue weighted by Crippen LogP contribution is 2.33. The molecular formula is C18H27N3O3. The van der Waals surface area contributed by atoms with E-state index in [4.69, 9.17) is 15.2 Å². The van der Waals surface area contributed by atoms with Gasteiger partial charge in [-0.2, -0.15) is 0 Å². The van der Waals surface area contributed by atoms with Gasteiger partial charge in [0.1, 0.15) is 0 Å². The third kappa shape index (κ3) is 3.49. The first kappa shape index (κ1) is 17.0. The molecule has 2 aliphatic heterocycles. The largest absolute Gasteiger partial charge is 0.493 e. The summed E-state index contributed by atoms with van der Waals surface area (Å²) in [6.07, 6.45) is 3.16. The molecule has 3 rings (SSSR count). The summed E-state index contributed by atoms with van der Waals surface area (Å²) < 4.78 is 11.2. The number of carbonyl (C=O) groups is 1. The molecule has 2 aliphatic rings. The van der Waals surface area contributed by atoms with Crippen LogP contribution in [-0.4, -0.2) is 68.2 Å². The number of nitrogens with zero attached hydrogens (tertiary/aromatic N) is 2. The Balaban J connectivity index is 1.78. The summed E-state index contributed by atoms with van der Waals surface area (Å²) in [6.45, 7) is 4.74. The van der Waals surface area contributed by atoms with Gasteiger partial charge in [0.25, 0.3) is 5.91 Å². The Bertz CT molecular complexity index is 579. The molecule has 6 heteroatoms. The smallest absolute Gasteiger partial charge is 0.257 e. The van der Waals surface area contributed by atoms with Crippen molar-refractivity contribution in [3.8, 4) is 11.5 Å². The van der Waals surface area contributed by atoms with Gasteiger partial charge in [-0.05, 0) is 44.5 Å². The first-order chi connectivity index (χ1) is 11.7. The van der Waals surface area contributed by atoms with Gasteiger partial charge in [0.05, 0.1) is 19.3 Å². The van der Waals surface area contributed by atoms with Crippen molar-refractivity contribution in [1.29, 1.82) is 0 Å². The molecule has 1 amide bonds. The number of benzene rings is 1. The fourth-order valence-electron chi connectivity index (χ4n) is 3.60. The van der Waals surface area contributed by atoms with Crippen molar-refractivity contribution >= 4 is 5.91 Å². The van der Waals surface area contributed by atoms with E-state index < -0.39 is 0 Å². The van der Waals surface area contributed by atoms with E-state index in [9.17, 15) is 4.79 Å². The van der Waals surface area contributed by atoms with Crippen LogP contribution in [0, 0.1) is 0 Å². The quantitative estimate of drug-likeness (QED) is 0.796. The lowest BCUT2D eigenvalue weighted by atomic mass is 10.1. The Morgan fingerprint density at radius 1 is 1.33 bits per heavy atom. The van der Waals surface area contributed by atoms with Crippen LogP contribution < -0.4 is 15.2 Å². The molecule has 0 spiro atoms. The molecule has 1 unspecified atom stereocenters. The molecule has 0 saturated carbocycles. The van der Waals surface area contributed by atoms with E-state index >= 15 is 0 Å². The van der Waals surface area contributed by atoms with Crippen molar-refractivity contribution < 1.29 is 14.3 Å². The Hall–Kier alpha value is -1.79. The highest BCUT2D eigenvalue weighted by Gasteiger charge is 2.33. The van der Waals surface area contributed by atoms with Crippen LogP contribution in [0.1, 0.15) is 29.6 Å². The lowest BCUT2D eigenvalue weighted by molar-refractivity contribution is 0.0566. The third-order valence-corrected chi connectivity index (χ3v) is 4.90. The van der Waals surface area contributed by atoms with E-state index in [2.05, 4.69) is 4.90 Å². The van der Waals surface area contributed by atoms with E-state index in [0.717, 1.165) is 26.1 Å². The minimum Gasteiger partial charge on any atom is -0.493 e. The number of rotatable bonds is 6. The van der Waals surface area contributed by atoms with E-state index in [1.165, 1.54) is 19.4 Å². The van der Waals surface area contributed by atoms with Crippen LogP contribution in [0.25, 0.3) is 0 Å². The number of nitrogens with two attached hydrogens (primary N) is 1. The van der Waals surface area contributed by atoms with Crippen molar-refractivity contribution in [2.45, 2.75) is 25.3 Å². The number of hydrogen-bond donors (Lipinski definition) is 1. The maximum absolute atomic E-state index is 13.1. The lowest BCUT2D eigenvalue weighted by Gasteiger charge is -2.37. The zero-order valence-electron chi connectivity index (χ0n) is 14.4. The van der Waals surface area contributed by atoms with E-state index in [-0.39, 0.29) is 5.91 Å². The molecule has 0 bridgehead atoms. The van der Waals surface area contributed by atoms with Crippen molar-refractivity contribution in [1.82, 2.24) is 9.80 Å². The summed E-state index contributed by atoms with van der Waals surface area (Å²) in [5, 5.41) is 0. The molecule has 0 aromatic heterocycles. The van der Waals surface area contributed by atoms with Crippen LogP contribution in [0.5, 0.6) is 11.5 Å². The molecule has 2 saturated heterocycles. The molecule has 0 radical (unpaired) electrons. The number of ether oxygens (including phenoxy) is 2. The predicted molar refractivity (Wildman–Crippen MR) is 92.7 cm³/mol. The van der Waals surface area contributed by atoms with Gasteiger partial charge in [0, 0.05) is 25.7 Å². The monoisotopic (exact) mass is 333 g/mol. The molecule has 1 aromatic rings. The van der Waals surface area contributed by atoms with Crippen LogP contribution in [-0.2, 0) is 0 Å². The highest BCUT2D eigenvalue weighted by molar-refractivity contribution is 5.98. The van der Waals surface area contributed by atoms with Crippen LogP contribution in [0.4, 0.5) is 0 Å². The van der Waals surface area contributed by atoms with Crippen LogP contribution in [0.15, 0.2) is 18.2 Å². The van der Waals surface area contributed by atoms with Gasteiger partial charge in [-0.1, -0.05) is 6.07 Å². The molecule has 132 valence electrons. The summed E-state index contributed by atoms with van der Waals surface area (Å²) in [5.74, 6) is 1.16. The van der Waals surface area contributed by atoms with Gasteiger partial charge >= 0.3 is 0 Å². The fraction of sp³-hybridized carbons (Fsp3) is 0.611. The summed E-state index contributed by atoms with van der Waals surface area (Å²) in [5.41, 5.74) is 6.12. The van der Waals surface area contributed by atoms with Gasteiger partial charge in [-0.3, -0.25) is 9.69 Å². The van der Waals surface area contributed by atoms with E-state index in [1.807, 2.05) is 23.1 Å². The second-order valence-electron chi connectivity index (χ2n) is 6.41. The van der Waals surface area contributed by atoms with Crippen molar-refractivity contribution in [2.24, 2.45) is 5.73 Å². The van der Waals surface area contributed by atoms with Gasteiger partial charge in [-0.15, -0.1) is 0 Å². The molecule has 2 N–H and O–H groups in total. The van der Waals surface area contributed by atoms with E-state index in [1.54, 1.807) is 7.11 Å². The van der Waals surface area contributed by atoms with Gasteiger partial charge in [0.15, 0.2) is 11.5 Å². The zero-order valence-corrected chi connectivity index (χ0v) is 14.4. The number of para-hydroxylation sites is 1. The molecule has 1 atom stereocenters. The number of carbonyl (C=O) groups excluding carboxylic acids is 1. The highest BCUT2D eigenvalue weighted by atomic mass is 16.5. The first-order valence-electron chi connectivity index (χ1n) is 8.77. The average molecular weight is 333 g/mol. The normalized spacial score (nSPS) is 20.8. The molecule has 0 aliphatic carbocycles. The fourth-order valence-corrected chi connectivity index (χ4v) is 3.60. The first-order valence-corrected chi connectivity index (χ1v) is 8.77. The average Bonchev–Trinajstić information content (AvgIpc) is 3.09. The Labute approximate surface area is 143 Å². The summed E-state index contributed by atoms with van der Waals surface area (Å²) >= 11 is 0. The molecule has 24 heavy (non-hydrogen) atoms. The molecular weight excluding hydrogens is 306 g/mol. The number of hydrogen-bond acceptors (Lipinski definition) is 5. The molecule has 2 heterocycles. The van der Waals surface area contributed by atoms with Gasteiger partial charge in [0.2, 0.25) is 0 Å². The number of methoxy groups -OCH3 is 1. The molecule has 2 fully saturated rings. The number of piperazine rings is 1. The standard InChI is InChI=1S/C18H27N3O3/c1-23-16-7-2-6-15(17(16)24-12-4-8-19)18(22)21-11-10-20-9-3-5-14(20)13-21/h2,6-7,14H,3-5,8-13,19H2,1H3. The van der Waals surface area contributed by atoms with E-state index in [0.29, 0.717) is 36.3 Å². The van der Waals surface area contributed by atoms with Crippen molar-refractivity contribution in [2.75, 3.05) is 46.4 Å². The molecule has 1 aromatic carbocycles. The minimum atomic E-state index is 0.0307. The number of fused-ring (bicyclic) bond motifs is 1. The van der Waals surface area contributed by atoms with Crippen LogP contribution in [0.3, 0.4) is 0 Å². The summed E-state index contributed by atoms with van der Waals surface area (Å²) in [6, 6.07) is 6.00. The molecule has 6 nitrogen and oxygen atoms in total. The predicted octanol–water partition coefficient (Wildman–Crippen LogP) is 1.34. The summed E-state index contributed by atoms with van der Waals surface area (Å²) in [4.78, 5) is 17.5. The second kappa shape index (κ2) is 7.85. The Morgan fingerprint density at radius 3 is 3.00 bits per heavy atom. The maximum Gasteiger partial charge on any atom is 0.257 e.